The number of carbonyl (C=O) groups excluding carboxylic acids is 2. The molecule has 2 aliphatic rings. The molecule has 2 aromatic carbocycles. The Morgan fingerprint density at radius 3 is 1.95 bits per heavy atom. The van der Waals surface area contributed by atoms with Gasteiger partial charge in [-0.2, -0.15) is 10.2 Å². The standard InChI is InChI=1S/C15H16N2O2.C9H12N2O2.C6H6/c1-2-14(18)12-10-13-15(11-6-4-3-5-7-11)19-9-8-17(13)16-12;1-2-9(12)8-5-7-6-13-4-3-11(7)10-8;1-2-4-6-5-3-1/h3-7,10,15H,2,8-9H2,1H3;5H,2-4,6H2,1H3;1-6H/t15-;;/m0../s1. The number of ether oxygens (including phenoxy) is 2. The van der Waals surface area contributed by atoms with Gasteiger partial charge in [0.05, 0.1) is 44.3 Å². The molecule has 6 rings (SSSR count). The topological polar surface area (TPSA) is 88.2 Å². The molecule has 38 heavy (non-hydrogen) atoms. The number of rotatable bonds is 5. The Kier molecular flexibility index (Phi) is 9.72. The van der Waals surface area contributed by atoms with Crippen molar-refractivity contribution in [1.82, 2.24) is 19.6 Å². The molecule has 8 heteroatoms. The van der Waals surface area contributed by atoms with Gasteiger partial charge in [-0.15, -0.1) is 0 Å². The van der Waals surface area contributed by atoms with E-state index >= 15 is 0 Å². The number of hydrogen-bond donors (Lipinski definition) is 0. The van der Waals surface area contributed by atoms with Crippen molar-refractivity contribution >= 4 is 11.6 Å². The van der Waals surface area contributed by atoms with Crippen molar-refractivity contribution in [3.63, 3.8) is 0 Å². The normalized spacial score (nSPS) is 15.6. The first kappa shape index (κ1) is 27.2. The first-order valence-electron chi connectivity index (χ1n) is 13.1. The molecule has 8 nitrogen and oxygen atoms in total. The Hall–Kier alpha value is -3.88. The zero-order chi connectivity index (χ0) is 26.7. The van der Waals surface area contributed by atoms with Crippen LogP contribution in [-0.4, -0.2) is 44.3 Å². The highest BCUT2D eigenvalue weighted by Gasteiger charge is 2.26. The molecule has 0 saturated carbocycles. The molecule has 198 valence electrons. The van der Waals surface area contributed by atoms with Crippen LogP contribution < -0.4 is 0 Å². The number of carbonyl (C=O) groups is 2. The minimum Gasteiger partial charge on any atom is -0.373 e. The summed E-state index contributed by atoms with van der Waals surface area (Å²) in [6, 6.07) is 25.7. The highest BCUT2D eigenvalue weighted by molar-refractivity contribution is 5.94. The lowest BCUT2D eigenvalue weighted by Gasteiger charge is -2.24. The van der Waals surface area contributed by atoms with Crippen LogP contribution in [0.1, 0.15) is 70.7 Å². The lowest BCUT2D eigenvalue weighted by molar-refractivity contribution is 0.0421. The van der Waals surface area contributed by atoms with Crippen LogP contribution >= 0.6 is 0 Å². The predicted molar refractivity (Wildman–Crippen MR) is 144 cm³/mol. The second-order valence-corrected chi connectivity index (χ2v) is 8.84. The largest absolute Gasteiger partial charge is 0.373 e. The van der Waals surface area contributed by atoms with E-state index in [9.17, 15) is 9.59 Å². The van der Waals surface area contributed by atoms with E-state index in [2.05, 4.69) is 10.2 Å². The molecule has 0 spiro atoms. The first-order chi connectivity index (χ1) is 18.6. The van der Waals surface area contributed by atoms with Gasteiger partial charge in [-0.25, -0.2) is 0 Å². The average Bonchev–Trinajstić information content (AvgIpc) is 3.63. The zero-order valence-electron chi connectivity index (χ0n) is 22.0. The summed E-state index contributed by atoms with van der Waals surface area (Å²) in [6.45, 7) is 7.04. The molecule has 4 aromatic rings. The fourth-order valence-electron chi connectivity index (χ4n) is 4.17. The van der Waals surface area contributed by atoms with Crippen molar-refractivity contribution in [2.45, 2.75) is 52.5 Å². The van der Waals surface area contributed by atoms with Crippen molar-refractivity contribution in [2.75, 3.05) is 13.2 Å². The van der Waals surface area contributed by atoms with E-state index < -0.39 is 0 Å². The maximum atomic E-state index is 11.8. The van der Waals surface area contributed by atoms with Gasteiger partial charge in [0.2, 0.25) is 0 Å². The van der Waals surface area contributed by atoms with Gasteiger partial charge in [-0.05, 0) is 17.7 Å². The molecule has 0 unspecified atom stereocenters. The minimum atomic E-state index is -0.124. The molecule has 0 radical (unpaired) electrons. The van der Waals surface area contributed by atoms with E-state index in [1.54, 1.807) is 0 Å². The molecular weight excluding hydrogens is 480 g/mol. The SMILES string of the molecule is CCC(=O)c1cc2n(n1)CCOC2.CCC(=O)c1cc2n(n1)CCO[C@H]2c1ccccc1.c1ccccc1. The number of aromatic nitrogens is 4. The Bertz CT molecular complexity index is 1260. The van der Waals surface area contributed by atoms with Crippen LogP contribution in [0.5, 0.6) is 0 Å². The van der Waals surface area contributed by atoms with Crippen molar-refractivity contribution in [2.24, 2.45) is 0 Å². The second kappa shape index (κ2) is 13.6. The van der Waals surface area contributed by atoms with E-state index in [0.29, 0.717) is 50.6 Å². The lowest BCUT2D eigenvalue weighted by atomic mass is 10.0. The molecule has 0 amide bonds. The quantitative estimate of drug-likeness (QED) is 0.337. The summed E-state index contributed by atoms with van der Waals surface area (Å²) in [6.07, 6.45) is 0.866. The summed E-state index contributed by atoms with van der Waals surface area (Å²) in [5, 5.41) is 8.59. The van der Waals surface area contributed by atoms with Crippen LogP contribution in [0.2, 0.25) is 0 Å². The fraction of sp³-hybridized carbons (Fsp3) is 0.333. The molecule has 1 atom stereocenters. The molecule has 4 heterocycles. The van der Waals surface area contributed by atoms with Gasteiger partial charge in [0.1, 0.15) is 17.5 Å². The highest BCUT2D eigenvalue weighted by Crippen LogP contribution is 2.29. The summed E-state index contributed by atoms with van der Waals surface area (Å²) < 4.78 is 14.8. The van der Waals surface area contributed by atoms with E-state index in [1.807, 2.05) is 102 Å². The lowest BCUT2D eigenvalue weighted by Crippen LogP contribution is -2.22. The Morgan fingerprint density at radius 1 is 0.789 bits per heavy atom. The maximum Gasteiger partial charge on any atom is 0.182 e. The first-order valence-corrected chi connectivity index (χ1v) is 13.1. The smallest absolute Gasteiger partial charge is 0.182 e. The minimum absolute atomic E-state index is 0.0775. The van der Waals surface area contributed by atoms with Gasteiger partial charge < -0.3 is 9.47 Å². The third kappa shape index (κ3) is 6.90. The summed E-state index contributed by atoms with van der Waals surface area (Å²) in [5.41, 5.74) is 4.18. The Balaban J connectivity index is 0.000000152. The van der Waals surface area contributed by atoms with Crippen molar-refractivity contribution < 1.29 is 19.1 Å². The van der Waals surface area contributed by atoms with E-state index in [1.165, 1.54) is 0 Å². The maximum absolute atomic E-state index is 11.8. The summed E-state index contributed by atoms with van der Waals surface area (Å²) in [4.78, 5) is 23.1. The van der Waals surface area contributed by atoms with Crippen LogP contribution in [0.15, 0.2) is 78.9 Å². The van der Waals surface area contributed by atoms with Gasteiger partial charge in [0.15, 0.2) is 11.6 Å². The number of ketones is 2. The number of nitrogens with zero attached hydrogens (tertiary/aromatic N) is 4. The second-order valence-electron chi connectivity index (χ2n) is 8.84. The molecule has 2 aliphatic heterocycles. The van der Waals surface area contributed by atoms with Gasteiger partial charge >= 0.3 is 0 Å². The van der Waals surface area contributed by atoms with Gasteiger partial charge in [-0.1, -0.05) is 80.6 Å². The fourth-order valence-corrected chi connectivity index (χ4v) is 4.17. The van der Waals surface area contributed by atoms with E-state index in [0.717, 1.165) is 23.5 Å². The van der Waals surface area contributed by atoms with Crippen molar-refractivity contribution in [3.05, 3.63) is 107 Å². The molecule has 0 fully saturated rings. The van der Waals surface area contributed by atoms with Gasteiger partial charge in [-0.3, -0.25) is 19.0 Å². The van der Waals surface area contributed by atoms with Crippen LogP contribution in [0, 0.1) is 0 Å². The third-order valence-electron chi connectivity index (χ3n) is 6.21. The monoisotopic (exact) mass is 514 g/mol. The molecule has 0 N–H and O–H groups in total. The molecular formula is C30H34N4O4. The van der Waals surface area contributed by atoms with Crippen LogP contribution in [0.25, 0.3) is 0 Å². The molecule has 0 saturated heterocycles. The van der Waals surface area contributed by atoms with E-state index in [4.69, 9.17) is 9.47 Å². The zero-order valence-corrected chi connectivity index (χ0v) is 22.0. The van der Waals surface area contributed by atoms with E-state index in [-0.39, 0.29) is 17.7 Å². The van der Waals surface area contributed by atoms with Crippen LogP contribution in [0.3, 0.4) is 0 Å². The van der Waals surface area contributed by atoms with Gasteiger partial charge in [0, 0.05) is 12.8 Å². The van der Waals surface area contributed by atoms with Crippen LogP contribution in [0.4, 0.5) is 0 Å². The molecule has 2 aromatic heterocycles. The highest BCUT2D eigenvalue weighted by atomic mass is 16.5. The van der Waals surface area contributed by atoms with Crippen molar-refractivity contribution in [1.29, 1.82) is 0 Å². The van der Waals surface area contributed by atoms with Gasteiger partial charge in [0.25, 0.3) is 0 Å². The van der Waals surface area contributed by atoms with Crippen LogP contribution in [-0.2, 0) is 29.2 Å². The molecule has 0 bridgehead atoms. The van der Waals surface area contributed by atoms with Crippen molar-refractivity contribution in [3.8, 4) is 0 Å². The Labute approximate surface area is 223 Å². The molecule has 0 aliphatic carbocycles. The number of Topliss-reactive ketones (excluding diaryl/α,β-unsaturated/α-hetero) is 2. The number of hydrogen-bond acceptors (Lipinski definition) is 6. The predicted octanol–water partition coefficient (Wildman–Crippen LogP) is 5.29. The Morgan fingerprint density at radius 2 is 1.34 bits per heavy atom. The third-order valence-corrected chi connectivity index (χ3v) is 6.21. The number of benzene rings is 2. The summed E-state index contributed by atoms with van der Waals surface area (Å²) in [7, 11) is 0. The average molecular weight is 515 g/mol. The number of fused-ring (bicyclic) bond motifs is 2. The summed E-state index contributed by atoms with van der Waals surface area (Å²) >= 11 is 0. The summed E-state index contributed by atoms with van der Waals surface area (Å²) in [5.74, 6) is 0.176.